The minimum atomic E-state index is -0.400. The molecular weight excluding hydrogens is 459 g/mol. The number of H-pyrrole nitrogens is 1. The molecule has 3 fully saturated rings. The molecule has 9 heteroatoms. The van der Waals surface area contributed by atoms with Crippen molar-refractivity contribution in [1.82, 2.24) is 24.9 Å². The Labute approximate surface area is 200 Å². The molecule has 4 heterocycles. The predicted octanol–water partition coefficient (Wildman–Crippen LogP) is 6.48. The highest BCUT2D eigenvalue weighted by atomic mass is 35.5. The predicted molar refractivity (Wildman–Crippen MR) is 130 cm³/mol. The zero-order valence-corrected chi connectivity index (χ0v) is 20.0. The maximum atomic E-state index is 15.8. The molecule has 0 spiro atoms. The Morgan fingerprint density at radius 2 is 1.91 bits per heavy atom. The smallest absolute Gasteiger partial charge is 0.192 e. The Balaban J connectivity index is 1.48. The average molecular weight is 483 g/mol. The lowest BCUT2D eigenvalue weighted by molar-refractivity contribution is 0.0926. The summed E-state index contributed by atoms with van der Waals surface area (Å²) in [5.41, 5.74) is 2.14. The van der Waals surface area contributed by atoms with Crippen LogP contribution in [0.4, 0.5) is 10.2 Å². The van der Waals surface area contributed by atoms with Gasteiger partial charge in [0.05, 0.1) is 16.6 Å². The summed E-state index contributed by atoms with van der Waals surface area (Å²) in [7, 11) is 0. The molecule has 3 aliphatic rings. The molecule has 2 N–H and O–H groups in total. The fourth-order valence-corrected chi connectivity index (χ4v) is 6.58. The van der Waals surface area contributed by atoms with Crippen molar-refractivity contribution >= 4 is 39.9 Å². The van der Waals surface area contributed by atoms with Gasteiger partial charge in [0.15, 0.2) is 23.1 Å². The largest absolute Gasteiger partial charge is 0.364 e. The summed E-state index contributed by atoms with van der Waals surface area (Å²) in [4.78, 5) is 23.0. The quantitative estimate of drug-likeness (QED) is 0.348. The molecule has 0 radical (unpaired) electrons. The molecule has 4 aromatic heterocycles. The molecule has 7 rings (SSSR count). The monoisotopic (exact) mass is 482 g/mol. The van der Waals surface area contributed by atoms with Crippen molar-refractivity contribution in [3.8, 4) is 22.0 Å². The lowest BCUT2D eigenvalue weighted by atomic mass is 9.62. The van der Waals surface area contributed by atoms with Crippen LogP contribution in [0.3, 0.4) is 0 Å². The molecule has 2 atom stereocenters. The summed E-state index contributed by atoms with van der Waals surface area (Å²) in [6.45, 7) is 4.29. The lowest BCUT2D eigenvalue weighted by Crippen LogP contribution is -2.47. The van der Waals surface area contributed by atoms with E-state index in [2.05, 4.69) is 37.2 Å². The van der Waals surface area contributed by atoms with Gasteiger partial charge in [-0.3, -0.25) is 0 Å². The molecule has 3 aliphatic carbocycles. The molecule has 6 nitrogen and oxygen atoms in total. The summed E-state index contributed by atoms with van der Waals surface area (Å²) >= 11 is 7.52. The molecule has 0 aromatic carbocycles. The standard InChI is InChI=1S/C24H24ClFN6S/c1-11-3-8-16(33-11)21-18(26)23(30-19-12(2)13-4-6-14(19)7-5-13)32-22(31-21)15-9-28-24-20(15)27-10-17(25)29-24/h3,8-10,12-14,19H,4-7H2,1-2H3,(H,28,29)(H,30,31,32)/t12-,13?,14?,19+/m0/s1. The molecule has 0 unspecified atom stereocenters. The maximum Gasteiger partial charge on any atom is 0.192 e. The Morgan fingerprint density at radius 1 is 1.12 bits per heavy atom. The van der Waals surface area contributed by atoms with Crippen LogP contribution in [-0.4, -0.2) is 31.0 Å². The second-order valence-corrected chi connectivity index (χ2v) is 10.9. The van der Waals surface area contributed by atoms with Gasteiger partial charge < -0.3 is 10.3 Å². The van der Waals surface area contributed by atoms with Crippen molar-refractivity contribution in [3.05, 3.63) is 40.4 Å². The van der Waals surface area contributed by atoms with Crippen LogP contribution in [-0.2, 0) is 0 Å². The van der Waals surface area contributed by atoms with E-state index in [1.165, 1.54) is 43.2 Å². The first-order chi connectivity index (χ1) is 16.0. The normalized spacial score (nSPS) is 24.5. The van der Waals surface area contributed by atoms with Gasteiger partial charge in [-0.15, -0.1) is 11.3 Å². The summed E-state index contributed by atoms with van der Waals surface area (Å²) < 4.78 is 15.8. The van der Waals surface area contributed by atoms with Crippen molar-refractivity contribution in [1.29, 1.82) is 0 Å². The van der Waals surface area contributed by atoms with E-state index in [0.717, 1.165) is 9.75 Å². The van der Waals surface area contributed by atoms with E-state index in [-0.39, 0.29) is 11.9 Å². The fourth-order valence-electron chi connectivity index (χ4n) is 5.59. The van der Waals surface area contributed by atoms with Gasteiger partial charge in [0.25, 0.3) is 0 Å². The van der Waals surface area contributed by atoms with Gasteiger partial charge >= 0.3 is 0 Å². The highest BCUT2D eigenvalue weighted by molar-refractivity contribution is 7.15. The number of nitrogens with one attached hydrogen (secondary N) is 2. The number of fused-ring (bicyclic) bond motifs is 4. The van der Waals surface area contributed by atoms with Crippen LogP contribution in [0.25, 0.3) is 33.1 Å². The van der Waals surface area contributed by atoms with E-state index >= 15 is 4.39 Å². The number of hydrogen-bond acceptors (Lipinski definition) is 6. The van der Waals surface area contributed by atoms with Gasteiger partial charge in [-0.25, -0.2) is 24.3 Å². The summed E-state index contributed by atoms with van der Waals surface area (Å²) in [5.74, 6) is 2.02. The van der Waals surface area contributed by atoms with E-state index in [4.69, 9.17) is 11.6 Å². The molecule has 4 aromatic rings. The minimum absolute atomic E-state index is 0.217. The first-order valence-electron chi connectivity index (χ1n) is 11.4. The van der Waals surface area contributed by atoms with Crippen molar-refractivity contribution in [2.24, 2.45) is 17.8 Å². The number of aromatic amines is 1. The zero-order valence-electron chi connectivity index (χ0n) is 18.4. The molecule has 2 bridgehead atoms. The highest BCUT2D eigenvalue weighted by Crippen LogP contribution is 2.46. The number of hydrogen-bond donors (Lipinski definition) is 2. The number of anilines is 1. The zero-order chi connectivity index (χ0) is 22.7. The van der Waals surface area contributed by atoms with Crippen LogP contribution in [0.1, 0.15) is 37.5 Å². The number of halogens is 2. The summed E-state index contributed by atoms with van der Waals surface area (Å²) in [6.07, 6.45) is 8.19. The van der Waals surface area contributed by atoms with Crippen LogP contribution >= 0.6 is 22.9 Å². The van der Waals surface area contributed by atoms with E-state index in [0.29, 0.717) is 51.2 Å². The Kier molecular flexibility index (Phi) is 5.10. The topological polar surface area (TPSA) is 79.4 Å². The third kappa shape index (κ3) is 3.60. The van der Waals surface area contributed by atoms with Crippen LogP contribution in [0.2, 0.25) is 5.15 Å². The molecule has 0 amide bonds. The Morgan fingerprint density at radius 3 is 2.64 bits per heavy atom. The van der Waals surface area contributed by atoms with Crippen LogP contribution in [0.15, 0.2) is 24.5 Å². The van der Waals surface area contributed by atoms with Crippen molar-refractivity contribution in [2.75, 3.05) is 5.32 Å². The van der Waals surface area contributed by atoms with Crippen molar-refractivity contribution in [2.45, 2.75) is 45.6 Å². The fraction of sp³-hybridized carbons (Fsp3) is 0.417. The van der Waals surface area contributed by atoms with Crippen molar-refractivity contribution < 1.29 is 4.39 Å². The number of rotatable bonds is 4. The van der Waals surface area contributed by atoms with E-state index in [1.54, 1.807) is 6.20 Å². The molecule has 33 heavy (non-hydrogen) atoms. The number of thiophene rings is 1. The van der Waals surface area contributed by atoms with Crippen LogP contribution in [0.5, 0.6) is 0 Å². The molecule has 0 saturated heterocycles. The molecule has 3 saturated carbocycles. The van der Waals surface area contributed by atoms with E-state index in [1.807, 2.05) is 19.1 Å². The summed E-state index contributed by atoms with van der Waals surface area (Å²) in [6, 6.07) is 4.11. The second-order valence-electron chi connectivity index (χ2n) is 9.27. The van der Waals surface area contributed by atoms with Gasteiger partial charge in [0, 0.05) is 17.1 Å². The minimum Gasteiger partial charge on any atom is -0.364 e. The lowest BCUT2D eigenvalue weighted by Gasteiger charge is -2.47. The first-order valence-corrected chi connectivity index (χ1v) is 12.6. The van der Waals surface area contributed by atoms with Crippen LogP contribution < -0.4 is 5.32 Å². The van der Waals surface area contributed by atoms with Gasteiger partial charge in [-0.1, -0.05) is 18.5 Å². The van der Waals surface area contributed by atoms with Gasteiger partial charge in [-0.05, 0) is 62.5 Å². The third-order valence-corrected chi connectivity index (χ3v) is 8.54. The van der Waals surface area contributed by atoms with Crippen LogP contribution in [0, 0.1) is 30.5 Å². The molecular formula is C24H24ClFN6S. The van der Waals surface area contributed by atoms with Gasteiger partial charge in [0.1, 0.15) is 16.4 Å². The van der Waals surface area contributed by atoms with Gasteiger partial charge in [0.2, 0.25) is 0 Å². The SMILES string of the molecule is Cc1ccc(-c2nc(-c3c[nH]c4nc(Cl)cnc34)nc(N[C@H]3C4CCC(CC4)[C@@H]3C)c2F)s1. The molecule has 0 aliphatic heterocycles. The second kappa shape index (κ2) is 8.02. The molecule has 170 valence electrons. The third-order valence-electron chi connectivity index (χ3n) is 7.36. The number of aryl methyl sites for hydroxylation is 1. The number of aromatic nitrogens is 5. The summed E-state index contributed by atoms with van der Waals surface area (Å²) in [5, 5.41) is 3.82. The Bertz CT molecular complexity index is 1340. The van der Waals surface area contributed by atoms with E-state index < -0.39 is 5.82 Å². The first kappa shape index (κ1) is 21.0. The average Bonchev–Trinajstić information content (AvgIpc) is 3.43. The van der Waals surface area contributed by atoms with Crippen molar-refractivity contribution in [3.63, 3.8) is 0 Å². The van der Waals surface area contributed by atoms with Gasteiger partial charge in [-0.2, -0.15) is 0 Å². The number of nitrogens with zero attached hydrogens (tertiary/aromatic N) is 4. The highest BCUT2D eigenvalue weighted by Gasteiger charge is 2.41. The Hall–Kier alpha value is -2.58. The maximum absolute atomic E-state index is 15.8. The van der Waals surface area contributed by atoms with E-state index in [9.17, 15) is 0 Å².